The Morgan fingerprint density at radius 1 is 1.44 bits per heavy atom. The van der Waals surface area contributed by atoms with Crippen LogP contribution in [0.25, 0.3) is 0 Å². The zero-order valence-electron chi connectivity index (χ0n) is 10.8. The van der Waals surface area contributed by atoms with E-state index in [2.05, 4.69) is 25.3 Å². The molecule has 2 heterocycles. The highest BCUT2D eigenvalue weighted by atomic mass is 16.6. The summed E-state index contributed by atoms with van der Waals surface area (Å²) in [5.74, 6) is 0.171. The predicted molar refractivity (Wildman–Crippen MR) is 69.6 cm³/mol. The number of fused-ring (bicyclic) bond motifs is 1. The number of carbonyl (C=O) groups is 1. The number of aliphatic imine (C=N–C) groups is 4. The summed E-state index contributed by atoms with van der Waals surface area (Å²) in [5, 5.41) is 2.48. The van der Waals surface area contributed by atoms with Crippen LogP contribution in [0.5, 0.6) is 0 Å². The van der Waals surface area contributed by atoms with Crippen LogP contribution < -0.4 is 5.32 Å². The van der Waals surface area contributed by atoms with Gasteiger partial charge in [0.05, 0.1) is 6.21 Å². The van der Waals surface area contributed by atoms with Gasteiger partial charge in [0.25, 0.3) is 0 Å². The van der Waals surface area contributed by atoms with Crippen molar-refractivity contribution in [2.24, 2.45) is 20.0 Å². The highest BCUT2D eigenvalue weighted by Gasteiger charge is 2.34. The minimum atomic E-state index is -0.786. The average Bonchev–Trinajstić information content (AvgIpc) is 2.54. The molecule has 7 nitrogen and oxygen atoms in total. The van der Waals surface area contributed by atoms with E-state index in [1.165, 1.54) is 12.6 Å². The fourth-order valence-corrected chi connectivity index (χ4v) is 1.45. The molecule has 0 aliphatic carbocycles. The van der Waals surface area contributed by atoms with Gasteiger partial charge in [0, 0.05) is 0 Å². The molecule has 2 aliphatic rings. The normalized spacial score (nSPS) is 25.3. The fraction of sp³-hybridized carbons (Fsp3) is 0.545. The summed E-state index contributed by atoms with van der Waals surface area (Å²) < 4.78 is 5.11. The van der Waals surface area contributed by atoms with E-state index in [0.29, 0.717) is 5.71 Å². The lowest BCUT2D eigenvalue weighted by atomic mass is 10.1. The first-order chi connectivity index (χ1) is 8.28. The molecule has 18 heavy (non-hydrogen) atoms. The highest BCUT2D eigenvalue weighted by Crippen LogP contribution is 2.20. The van der Waals surface area contributed by atoms with E-state index >= 15 is 0 Å². The topological polar surface area (TPSA) is 87.8 Å². The summed E-state index contributed by atoms with van der Waals surface area (Å²) in [4.78, 5) is 27.9. The summed E-state index contributed by atoms with van der Waals surface area (Å²) in [7, 11) is 0. The Kier molecular flexibility index (Phi) is 2.76. The second-order valence-corrected chi connectivity index (χ2v) is 5.10. The Bertz CT molecular complexity index is 498. The molecule has 0 radical (unpaired) electrons. The number of carbonyl (C=O) groups excluding carboxylic acids is 1. The van der Waals surface area contributed by atoms with Gasteiger partial charge in [-0.3, -0.25) is 5.32 Å². The number of ether oxygens (including phenoxy) is 1. The quantitative estimate of drug-likeness (QED) is 0.698. The third-order valence-corrected chi connectivity index (χ3v) is 2.24. The van der Waals surface area contributed by atoms with Gasteiger partial charge in [0.15, 0.2) is 5.66 Å². The van der Waals surface area contributed by atoms with E-state index < -0.39 is 17.4 Å². The Morgan fingerprint density at radius 2 is 2.17 bits per heavy atom. The van der Waals surface area contributed by atoms with Crippen LogP contribution in [0.1, 0.15) is 27.7 Å². The third kappa shape index (κ3) is 2.61. The smallest absolute Gasteiger partial charge is 0.414 e. The van der Waals surface area contributed by atoms with Crippen LogP contribution in [0.15, 0.2) is 20.0 Å². The van der Waals surface area contributed by atoms with Crippen LogP contribution in [0.3, 0.4) is 0 Å². The molecule has 0 bridgehead atoms. The zero-order chi connectivity index (χ0) is 13.4. The number of guanidine groups is 1. The number of nitrogens with one attached hydrogen (secondary N) is 1. The first-order valence-electron chi connectivity index (χ1n) is 5.54. The van der Waals surface area contributed by atoms with Gasteiger partial charge >= 0.3 is 6.09 Å². The number of amides is 1. The van der Waals surface area contributed by atoms with Gasteiger partial charge in [0.2, 0.25) is 5.96 Å². The molecule has 1 unspecified atom stereocenters. The second-order valence-electron chi connectivity index (χ2n) is 5.10. The molecule has 1 N–H and O–H groups in total. The summed E-state index contributed by atoms with van der Waals surface area (Å²) in [6, 6.07) is 0. The van der Waals surface area contributed by atoms with Gasteiger partial charge in [-0.15, -0.1) is 0 Å². The summed E-state index contributed by atoms with van der Waals surface area (Å²) in [6.45, 7) is 7.14. The molecule has 1 amide bonds. The van der Waals surface area contributed by atoms with Gasteiger partial charge in [-0.05, 0) is 27.7 Å². The fourth-order valence-electron chi connectivity index (χ4n) is 1.45. The third-order valence-electron chi connectivity index (χ3n) is 2.24. The van der Waals surface area contributed by atoms with E-state index in [4.69, 9.17) is 4.74 Å². The molecule has 96 valence electrons. The molecular formula is C11H15N5O2. The van der Waals surface area contributed by atoms with Crippen molar-refractivity contribution in [3.05, 3.63) is 0 Å². The average molecular weight is 249 g/mol. The number of nitrogens with zero attached hydrogens (tertiary/aromatic N) is 4. The Balaban J connectivity index is 2.06. The van der Waals surface area contributed by atoms with Crippen molar-refractivity contribution < 1.29 is 9.53 Å². The highest BCUT2D eigenvalue weighted by molar-refractivity contribution is 6.40. The van der Waals surface area contributed by atoms with Crippen LogP contribution in [-0.2, 0) is 4.74 Å². The van der Waals surface area contributed by atoms with Crippen molar-refractivity contribution in [1.29, 1.82) is 0 Å². The van der Waals surface area contributed by atoms with Gasteiger partial charge in [0.1, 0.15) is 17.7 Å². The van der Waals surface area contributed by atoms with Crippen molar-refractivity contribution in [3.8, 4) is 0 Å². The van der Waals surface area contributed by atoms with E-state index in [0.717, 1.165) is 0 Å². The molecule has 0 saturated heterocycles. The van der Waals surface area contributed by atoms with Crippen molar-refractivity contribution in [1.82, 2.24) is 5.32 Å². The molecule has 0 aromatic carbocycles. The lowest BCUT2D eigenvalue weighted by Crippen LogP contribution is -2.41. The van der Waals surface area contributed by atoms with E-state index in [1.807, 2.05) is 0 Å². The summed E-state index contributed by atoms with van der Waals surface area (Å²) in [5.41, 5.74) is -0.700. The SMILES string of the molecule is CC(C)(C)OC(=O)NC1=NC2(C)N=CN=C2C=N1. The minimum absolute atomic E-state index is 0.171. The second kappa shape index (κ2) is 4.01. The molecule has 2 aliphatic heterocycles. The number of hydrogen-bond acceptors (Lipinski definition) is 6. The van der Waals surface area contributed by atoms with Gasteiger partial charge in [-0.25, -0.2) is 24.8 Å². The largest absolute Gasteiger partial charge is 0.444 e. The lowest BCUT2D eigenvalue weighted by molar-refractivity contribution is 0.0562. The molecule has 7 heteroatoms. The van der Waals surface area contributed by atoms with Crippen LogP contribution in [0.2, 0.25) is 0 Å². The Morgan fingerprint density at radius 3 is 2.83 bits per heavy atom. The van der Waals surface area contributed by atoms with E-state index in [9.17, 15) is 4.79 Å². The molecule has 2 rings (SSSR count). The number of alkyl carbamates (subject to hydrolysis) is 1. The van der Waals surface area contributed by atoms with Crippen molar-refractivity contribution >= 4 is 30.3 Å². The Labute approximate surface area is 105 Å². The summed E-state index contributed by atoms with van der Waals surface area (Å²) >= 11 is 0. The molecular weight excluding hydrogens is 234 g/mol. The number of rotatable bonds is 0. The van der Waals surface area contributed by atoms with Crippen LogP contribution >= 0.6 is 0 Å². The minimum Gasteiger partial charge on any atom is -0.444 e. The van der Waals surface area contributed by atoms with Gasteiger partial charge in [-0.2, -0.15) is 0 Å². The van der Waals surface area contributed by atoms with Gasteiger partial charge < -0.3 is 4.74 Å². The van der Waals surface area contributed by atoms with Crippen molar-refractivity contribution in [2.45, 2.75) is 39.0 Å². The predicted octanol–water partition coefficient (Wildman–Crippen LogP) is 1.15. The maximum absolute atomic E-state index is 11.6. The van der Waals surface area contributed by atoms with Gasteiger partial charge in [-0.1, -0.05) is 0 Å². The molecule has 0 aromatic rings. The molecule has 0 saturated carbocycles. The Hall–Kier alpha value is -2.05. The maximum atomic E-state index is 11.6. The maximum Gasteiger partial charge on any atom is 0.414 e. The molecule has 0 spiro atoms. The van der Waals surface area contributed by atoms with E-state index in [1.54, 1.807) is 27.7 Å². The van der Waals surface area contributed by atoms with Crippen LogP contribution in [0, 0.1) is 0 Å². The van der Waals surface area contributed by atoms with Crippen molar-refractivity contribution in [3.63, 3.8) is 0 Å². The molecule has 0 fully saturated rings. The first-order valence-corrected chi connectivity index (χ1v) is 5.54. The first kappa shape index (κ1) is 12.4. The molecule has 0 aromatic heterocycles. The van der Waals surface area contributed by atoms with E-state index in [-0.39, 0.29) is 5.96 Å². The summed E-state index contributed by atoms with van der Waals surface area (Å²) in [6.07, 6.45) is 2.37. The van der Waals surface area contributed by atoms with Crippen molar-refractivity contribution in [2.75, 3.05) is 0 Å². The molecule has 1 atom stereocenters. The lowest BCUT2D eigenvalue weighted by Gasteiger charge is -2.22. The van der Waals surface area contributed by atoms with Crippen LogP contribution in [0.4, 0.5) is 4.79 Å². The van der Waals surface area contributed by atoms with Crippen LogP contribution in [-0.4, -0.2) is 41.6 Å². The number of hydrogen-bond donors (Lipinski definition) is 1. The standard InChI is InChI=1S/C11H15N5O2/c1-10(2,3)18-9(17)15-8-12-5-7-11(4,16-8)14-6-13-7/h5-6H,1-4H3,(H,15,16,17). The zero-order valence-corrected chi connectivity index (χ0v) is 10.8. The monoisotopic (exact) mass is 249 g/mol.